The summed E-state index contributed by atoms with van der Waals surface area (Å²) in [6, 6.07) is 1.62. The molecule has 0 fully saturated rings. The number of carbonyl (C=O) groups is 1. The van der Waals surface area contributed by atoms with E-state index in [0.717, 1.165) is 6.42 Å². The third-order valence-electron chi connectivity index (χ3n) is 2.94. The second-order valence-electron chi connectivity index (χ2n) is 4.67. The van der Waals surface area contributed by atoms with Crippen molar-refractivity contribution < 1.29 is 9.72 Å². The molecule has 20 heavy (non-hydrogen) atoms. The molecule has 1 heterocycles. The molecular formula is C13H20N4O3. The molecule has 7 heteroatoms. The molecule has 1 rings (SSSR count). The van der Waals surface area contributed by atoms with Crippen LogP contribution in [0.3, 0.4) is 0 Å². The van der Waals surface area contributed by atoms with Gasteiger partial charge in [0, 0.05) is 25.1 Å². The average molecular weight is 280 g/mol. The van der Waals surface area contributed by atoms with Crippen molar-refractivity contribution in [1.29, 1.82) is 0 Å². The van der Waals surface area contributed by atoms with E-state index in [1.807, 2.05) is 13.8 Å². The van der Waals surface area contributed by atoms with Gasteiger partial charge in [-0.1, -0.05) is 6.92 Å². The summed E-state index contributed by atoms with van der Waals surface area (Å²) < 4.78 is 0. The number of nitrogens with zero attached hydrogens (tertiary/aromatic N) is 2. The summed E-state index contributed by atoms with van der Waals surface area (Å²) >= 11 is 0. The fourth-order valence-electron chi connectivity index (χ4n) is 1.59. The summed E-state index contributed by atoms with van der Waals surface area (Å²) in [5.74, 6) is 0.540. The molecule has 0 radical (unpaired) electrons. The molecule has 7 nitrogen and oxygen atoms in total. The summed E-state index contributed by atoms with van der Waals surface area (Å²) in [6.45, 7) is 6.14. The van der Waals surface area contributed by atoms with Crippen molar-refractivity contribution in [3.8, 4) is 0 Å². The van der Waals surface area contributed by atoms with E-state index in [-0.39, 0.29) is 17.6 Å². The molecule has 0 bridgehead atoms. The van der Waals surface area contributed by atoms with Crippen molar-refractivity contribution in [3.63, 3.8) is 0 Å². The summed E-state index contributed by atoms with van der Waals surface area (Å²) in [4.78, 5) is 25.7. The predicted octanol–water partition coefficient (Wildman–Crippen LogP) is 2.01. The number of pyridine rings is 1. The number of aryl methyl sites for hydroxylation is 1. The summed E-state index contributed by atoms with van der Waals surface area (Å²) in [5.41, 5.74) is 0.643. The Morgan fingerprint density at radius 2 is 2.25 bits per heavy atom. The lowest BCUT2D eigenvalue weighted by molar-refractivity contribution is -0.385. The Hall–Kier alpha value is -2.18. The zero-order valence-electron chi connectivity index (χ0n) is 12.0. The normalized spacial score (nSPS) is 11.8. The SMILES string of the molecule is CCC(C)NC(=O)CCNc1ncc([N+](=O)[O-])cc1C. The van der Waals surface area contributed by atoms with Crippen LogP contribution in [0.4, 0.5) is 11.5 Å². The minimum absolute atomic E-state index is 0.0218. The van der Waals surface area contributed by atoms with Gasteiger partial charge in [-0.25, -0.2) is 4.98 Å². The predicted molar refractivity (Wildman–Crippen MR) is 76.6 cm³/mol. The van der Waals surface area contributed by atoms with Gasteiger partial charge in [0.25, 0.3) is 5.69 Å². The quantitative estimate of drug-likeness (QED) is 0.588. The van der Waals surface area contributed by atoms with E-state index in [1.54, 1.807) is 6.92 Å². The summed E-state index contributed by atoms with van der Waals surface area (Å²) in [6.07, 6.45) is 2.43. The Bertz CT molecular complexity index is 491. The van der Waals surface area contributed by atoms with Crippen molar-refractivity contribution in [2.24, 2.45) is 0 Å². The minimum atomic E-state index is -0.483. The van der Waals surface area contributed by atoms with Crippen LogP contribution in [0.1, 0.15) is 32.3 Å². The van der Waals surface area contributed by atoms with E-state index in [0.29, 0.717) is 24.3 Å². The van der Waals surface area contributed by atoms with Gasteiger partial charge in [-0.3, -0.25) is 14.9 Å². The Balaban J connectivity index is 2.46. The molecule has 1 atom stereocenters. The number of hydrogen-bond donors (Lipinski definition) is 2. The van der Waals surface area contributed by atoms with Crippen LogP contribution in [0.25, 0.3) is 0 Å². The second kappa shape index (κ2) is 7.42. The first-order chi connectivity index (χ1) is 9.43. The van der Waals surface area contributed by atoms with Crippen LogP contribution in [-0.4, -0.2) is 28.4 Å². The lowest BCUT2D eigenvalue weighted by atomic mass is 10.2. The highest BCUT2D eigenvalue weighted by Gasteiger charge is 2.10. The topological polar surface area (TPSA) is 97.2 Å². The van der Waals surface area contributed by atoms with Gasteiger partial charge < -0.3 is 10.6 Å². The van der Waals surface area contributed by atoms with Crippen molar-refractivity contribution in [3.05, 3.63) is 27.9 Å². The van der Waals surface area contributed by atoms with Gasteiger partial charge in [0.1, 0.15) is 12.0 Å². The largest absolute Gasteiger partial charge is 0.369 e. The van der Waals surface area contributed by atoms with Crippen LogP contribution >= 0.6 is 0 Å². The number of nitrogens with one attached hydrogen (secondary N) is 2. The molecule has 2 N–H and O–H groups in total. The zero-order chi connectivity index (χ0) is 15.1. The van der Waals surface area contributed by atoms with Crippen molar-refractivity contribution >= 4 is 17.4 Å². The van der Waals surface area contributed by atoms with Gasteiger partial charge >= 0.3 is 0 Å². The fourth-order valence-corrected chi connectivity index (χ4v) is 1.59. The molecule has 0 aliphatic heterocycles. The molecule has 1 unspecified atom stereocenters. The molecule has 1 amide bonds. The maximum absolute atomic E-state index is 11.6. The number of anilines is 1. The highest BCUT2D eigenvalue weighted by Crippen LogP contribution is 2.17. The smallest absolute Gasteiger partial charge is 0.287 e. The van der Waals surface area contributed by atoms with Crippen LogP contribution in [-0.2, 0) is 4.79 Å². The zero-order valence-corrected chi connectivity index (χ0v) is 12.0. The third kappa shape index (κ3) is 4.83. The van der Waals surface area contributed by atoms with E-state index < -0.39 is 4.92 Å². The molecule has 0 saturated heterocycles. The van der Waals surface area contributed by atoms with E-state index in [1.165, 1.54) is 12.3 Å². The Kier molecular flexibility index (Phi) is 5.89. The minimum Gasteiger partial charge on any atom is -0.369 e. The van der Waals surface area contributed by atoms with E-state index in [9.17, 15) is 14.9 Å². The summed E-state index contributed by atoms with van der Waals surface area (Å²) in [7, 11) is 0. The monoisotopic (exact) mass is 280 g/mol. The number of nitro groups is 1. The molecule has 0 spiro atoms. The molecule has 0 aliphatic rings. The first-order valence-corrected chi connectivity index (χ1v) is 6.58. The van der Waals surface area contributed by atoms with Crippen LogP contribution in [0.5, 0.6) is 0 Å². The molecule has 0 aromatic carbocycles. The maximum atomic E-state index is 11.6. The van der Waals surface area contributed by atoms with Crippen LogP contribution < -0.4 is 10.6 Å². The van der Waals surface area contributed by atoms with Gasteiger partial charge in [0.15, 0.2) is 0 Å². The molecule has 1 aromatic heterocycles. The van der Waals surface area contributed by atoms with Crippen molar-refractivity contribution in [2.75, 3.05) is 11.9 Å². The lowest BCUT2D eigenvalue weighted by Gasteiger charge is -2.12. The standard InChI is InChI=1S/C13H20N4O3/c1-4-10(3)16-12(18)5-6-14-13-9(2)7-11(8-15-13)17(19)20/h7-8,10H,4-6H2,1-3H3,(H,14,15)(H,16,18). The van der Waals surface area contributed by atoms with Crippen LogP contribution in [0, 0.1) is 17.0 Å². The van der Waals surface area contributed by atoms with E-state index in [2.05, 4.69) is 15.6 Å². The maximum Gasteiger partial charge on any atom is 0.287 e. The van der Waals surface area contributed by atoms with Crippen LogP contribution in [0.2, 0.25) is 0 Å². The molecule has 1 aromatic rings. The van der Waals surface area contributed by atoms with Crippen molar-refractivity contribution in [1.82, 2.24) is 10.3 Å². The van der Waals surface area contributed by atoms with E-state index in [4.69, 9.17) is 0 Å². The second-order valence-corrected chi connectivity index (χ2v) is 4.67. The number of carbonyl (C=O) groups excluding carboxylic acids is 1. The lowest BCUT2D eigenvalue weighted by Crippen LogP contribution is -2.33. The van der Waals surface area contributed by atoms with Crippen molar-refractivity contribution in [2.45, 2.75) is 39.7 Å². The average Bonchev–Trinajstić information content (AvgIpc) is 2.40. The van der Waals surface area contributed by atoms with Gasteiger partial charge in [0.05, 0.1) is 4.92 Å². The van der Waals surface area contributed by atoms with E-state index >= 15 is 0 Å². The highest BCUT2D eigenvalue weighted by atomic mass is 16.6. The Morgan fingerprint density at radius 3 is 2.80 bits per heavy atom. The van der Waals surface area contributed by atoms with Gasteiger partial charge in [-0.2, -0.15) is 0 Å². The highest BCUT2D eigenvalue weighted by molar-refractivity contribution is 5.76. The van der Waals surface area contributed by atoms with Gasteiger partial charge in [-0.05, 0) is 25.8 Å². The molecule has 0 saturated carbocycles. The Morgan fingerprint density at radius 1 is 1.55 bits per heavy atom. The number of rotatable bonds is 7. The van der Waals surface area contributed by atoms with Gasteiger partial charge in [-0.15, -0.1) is 0 Å². The first kappa shape index (κ1) is 15.9. The Labute approximate surface area is 117 Å². The first-order valence-electron chi connectivity index (χ1n) is 6.58. The molecule has 0 aliphatic carbocycles. The summed E-state index contributed by atoms with van der Waals surface area (Å²) in [5, 5.41) is 16.5. The number of aromatic nitrogens is 1. The number of amides is 1. The molecule has 110 valence electrons. The van der Waals surface area contributed by atoms with Gasteiger partial charge in [0.2, 0.25) is 5.91 Å². The number of hydrogen-bond acceptors (Lipinski definition) is 5. The molecular weight excluding hydrogens is 260 g/mol. The third-order valence-corrected chi connectivity index (χ3v) is 2.94. The van der Waals surface area contributed by atoms with Crippen LogP contribution in [0.15, 0.2) is 12.3 Å². The fraction of sp³-hybridized carbons (Fsp3) is 0.538.